The highest BCUT2D eigenvalue weighted by Gasteiger charge is 2.24. The molecule has 0 spiro atoms. The van der Waals surface area contributed by atoms with Crippen LogP contribution in [-0.4, -0.2) is 0 Å². The predicted octanol–water partition coefficient (Wildman–Crippen LogP) is 3.76. The van der Waals surface area contributed by atoms with E-state index in [-0.39, 0.29) is 5.56 Å². The number of alkyl halides is 2. The molecule has 0 fully saturated rings. The molecule has 0 nitrogen and oxygen atoms in total. The molecule has 1 rings (SSSR count). The van der Waals surface area contributed by atoms with Crippen molar-refractivity contribution in [1.82, 2.24) is 0 Å². The van der Waals surface area contributed by atoms with Gasteiger partial charge in [0.25, 0.3) is 5.92 Å². The molecular formula is C9H9ClF2. The van der Waals surface area contributed by atoms with Gasteiger partial charge in [-0.3, -0.25) is 0 Å². The van der Waals surface area contributed by atoms with Crippen LogP contribution in [0.5, 0.6) is 0 Å². The van der Waals surface area contributed by atoms with Crippen molar-refractivity contribution in [3.05, 3.63) is 34.3 Å². The highest BCUT2D eigenvalue weighted by Crippen LogP contribution is 2.29. The van der Waals surface area contributed by atoms with E-state index in [9.17, 15) is 8.78 Å². The molecule has 12 heavy (non-hydrogen) atoms. The van der Waals surface area contributed by atoms with Crippen molar-refractivity contribution in [1.29, 1.82) is 0 Å². The van der Waals surface area contributed by atoms with Gasteiger partial charge >= 0.3 is 0 Å². The Morgan fingerprint density at radius 1 is 1.33 bits per heavy atom. The maximum Gasteiger partial charge on any atom is 0.270 e. The van der Waals surface area contributed by atoms with Crippen LogP contribution in [-0.2, 0) is 5.92 Å². The molecule has 0 atom stereocenters. The van der Waals surface area contributed by atoms with E-state index in [1.165, 1.54) is 18.2 Å². The van der Waals surface area contributed by atoms with Gasteiger partial charge in [-0.25, -0.2) is 8.78 Å². The van der Waals surface area contributed by atoms with Crippen LogP contribution in [0.4, 0.5) is 8.78 Å². The van der Waals surface area contributed by atoms with Crippen LogP contribution < -0.4 is 0 Å². The second-order valence-electron chi connectivity index (χ2n) is 2.85. The molecule has 0 bridgehead atoms. The Balaban J connectivity index is 3.14. The van der Waals surface area contributed by atoms with E-state index in [0.29, 0.717) is 10.6 Å². The fourth-order valence-corrected chi connectivity index (χ4v) is 1.04. The van der Waals surface area contributed by atoms with Gasteiger partial charge in [-0.05, 0) is 24.6 Å². The Morgan fingerprint density at radius 2 is 1.92 bits per heavy atom. The molecule has 0 N–H and O–H groups in total. The van der Waals surface area contributed by atoms with Gasteiger partial charge in [-0.15, -0.1) is 0 Å². The first kappa shape index (κ1) is 9.46. The van der Waals surface area contributed by atoms with Gasteiger partial charge in [-0.1, -0.05) is 17.7 Å². The SMILES string of the molecule is Cc1cc(C(C)(F)F)ccc1Cl. The minimum absolute atomic E-state index is 0.00407. The summed E-state index contributed by atoms with van der Waals surface area (Å²) in [6.07, 6.45) is 0. The Labute approximate surface area is 75.2 Å². The number of hydrogen-bond donors (Lipinski definition) is 0. The number of halogens is 3. The largest absolute Gasteiger partial charge is 0.270 e. The normalized spacial score (nSPS) is 11.8. The molecule has 1 aromatic carbocycles. The molecular weight excluding hydrogens is 182 g/mol. The van der Waals surface area contributed by atoms with Gasteiger partial charge in [0.2, 0.25) is 0 Å². The van der Waals surface area contributed by atoms with Crippen LogP contribution >= 0.6 is 11.6 Å². The predicted molar refractivity (Wildman–Crippen MR) is 45.8 cm³/mol. The summed E-state index contributed by atoms with van der Waals surface area (Å²) in [7, 11) is 0. The summed E-state index contributed by atoms with van der Waals surface area (Å²) in [5, 5.41) is 0.517. The molecule has 0 amide bonds. The van der Waals surface area contributed by atoms with Crippen LogP contribution in [0, 0.1) is 6.92 Å². The van der Waals surface area contributed by atoms with Gasteiger partial charge < -0.3 is 0 Å². The Hall–Kier alpha value is -0.630. The first-order valence-electron chi connectivity index (χ1n) is 3.55. The van der Waals surface area contributed by atoms with Crippen molar-refractivity contribution < 1.29 is 8.78 Å². The summed E-state index contributed by atoms with van der Waals surface area (Å²) < 4.78 is 25.4. The van der Waals surface area contributed by atoms with Crippen LogP contribution in [0.3, 0.4) is 0 Å². The Kier molecular flexibility index (Phi) is 2.38. The third-order valence-corrected chi connectivity index (χ3v) is 2.09. The van der Waals surface area contributed by atoms with E-state index in [4.69, 9.17) is 11.6 Å². The fourth-order valence-electron chi connectivity index (χ4n) is 0.918. The lowest BCUT2D eigenvalue weighted by Gasteiger charge is -2.11. The van der Waals surface area contributed by atoms with Crippen LogP contribution in [0.25, 0.3) is 0 Å². The van der Waals surface area contributed by atoms with Gasteiger partial charge in [0.05, 0.1) is 0 Å². The standard InChI is InChI=1S/C9H9ClF2/c1-6-5-7(9(2,11)12)3-4-8(6)10/h3-5H,1-2H3. The summed E-state index contributed by atoms with van der Waals surface area (Å²) in [4.78, 5) is 0. The molecule has 3 heteroatoms. The molecule has 0 aliphatic rings. The second-order valence-corrected chi connectivity index (χ2v) is 3.26. The Morgan fingerprint density at radius 3 is 2.33 bits per heavy atom. The van der Waals surface area contributed by atoms with E-state index in [1.54, 1.807) is 6.92 Å². The highest BCUT2D eigenvalue weighted by atomic mass is 35.5. The zero-order valence-corrected chi connectivity index (χ0v) is 7.62. The highest BCUT2D eigenvalue weighted by molar-refractivity contribution is 6.31. The fraction of sp³-hybridized carbons (Fsp3) is 0.333. The van der Waals surface area contributed by atoms with Gasteiger partial charge in [0.1, 0.15) is 0 Å². The molecule has 0 unspecified atom stereocenters. The van der Waals surface area contributed by atoms with Crippen molar-refractivity contribution in [2.75, 3.05) is 0 Å². The molecule has 66 valence electrons. The van der Waals surface area contributed by atoms with Gasteiger partial charge in [0, 0.05) is 17.5 Å². The maximum atomic E-state index is 12.7. The van der Waals surface area contributed by atoms with Crippen molar-refractivity contribution in [2.24, 2.45) is 0 Å². The molecule has 0 saturated heterocycles. The minimum Gasteiger partial charge on any atom is -0.202 e. The topological polar surface area (TPSA) is 0 Å². The first-order valence-corrected chi connectivity index (χ1v) is 3.93. The average molecular weight is 191 g/mol. The average Bonchev–Trinajstić information content (AvgIpc) is 1.92. The molecule has 0 radical (unpaired) electrons. The minimum atomic E-state index is -2.78. The van der Waals surface area contributed by atoms with E-state index < -0.39 is 5.92 Å². The quantitative estimate of drug-likeness (QED) is 0.633. The molecule has 0 aromatic heterocycles. The summed E-state index contributed by atoms with van der Waals surface area (Å²) in [6, 6.07) is 4.24. The van der Waals surface area contributed by atoms with E-state index in [1.807, 2.05) is 0 Å². The van der Waals surface area contributed by atoms with Gasteiger partial charge in [0.15, 0.2) is 0 Å². The lowest BCUT2D eigenvalue weighted by atomic mass is 10.1. The van der Waals surface area contributed by atoms with Crippen LogP contribution in [0.15, 0.2) is 18.2 Å². The summed E-state index contributed by atoms with van der Waals surface area (Å²) in [6.45, 7) is 2.58. The smallest absolute Gasteiger partial charge is 0.202 e. The van der Waals surface area contributed by atoms with E-state index in [0.717, 1.165) is 6.92 Å². The number of rotatable bonds is 1. The number of benzene rings is 1. The second kappa shape index (κ2) is 3.02. The number of hydrogen-bond acceptors (Lipinski definition) is 0. The molecule has 1 aromatic rings. The van der Waals surface area contributed by atoms with Crippen molar-refractivity contribution in [3.63, 3.8) is 0 Å². The lowest BCUT2D eigenvalue weighted by Crippen LogP contribution is -2.06. The number of aryl methyl sites for hydroxylation is 1. The van der Waals surface area contributed by atoms with Crippen molar-refractivity contribution >= 4 is 11.6 Å². The Bertz CT molecular complexity index is 289. The van der Waals surface area contributed by atoms with Crippen molar-refractivity contribution in [3.8, 4) is 0 Å². The van der Waals surface area contributed by atoms with Crippen LogP contribution in [0.1, 0.15) is 18.1 Å². The van der Waals surface area contributed by atoms with E-state index >= 15 is 0 Å². The summed E-state index contributed by atoms with van der Waals surface area (Å²) in [5.74, 6) is -2.78. The van der Waals surface area contributed by atoms with Crippen molar-refractivity contribution in [2.45, 2.75) is 19.8 Å². The lowest BCUT2D eigenvalue weighted by molar-refractivity contribution is 0.0174. The molecule has 0 saturated carbocycles. The van der Waals surface area contributed by atoms with Gasteiger partial charge in [-0.2, -0.15) is 0 Å². The zero-order valence-electron chi connectivity index (χ0n) is 6.87. The maximum absolute atomic E-state index is 12.7. The third-order valence-electron chi connectivity index (χ3n) is 1.66. The first-order chi connectivity index (χ1) is 5.41. The summed E-state index contributed by atoms with van der Waals surface area (Å²) >= 11 is 5.69. The zero-order chi connectivity index (χ0) is 9.35. The van der Waals surface area contributed by atoms with E-state index in [2.05, 4.69) is 0 Å². The van der Waals surface area contributed by atoms with Crippen LogP contribution in [0.2, 0.25) is 5.02 Å². The summed E-state index contributed by atoms with van der Waals surface area (Å²) in [5.41, 5.74) is 0.681. The molecule has 0 heterocycles. The third kappa shape index (κ3) is 1.95. The monoisotopic (exact) mass is 190 g/mol. The molecule has 0 aliphatic carbocycles. The molecule has 0 aliphatic heterocycles.